The van der Waals surface area contributed by atoms with E-state index in [-0.39, 0.29) is 12.0 Å². The Hall–Kier alpha value is -1.35. The van der Waals surface area contributed by atoms with E-state index in [2.05, 4.69) is 13.8 Å². The van der Waals surface area contributed by atoms with Gasteiger partial charge in [0.25, 0.3) is 5.91 Å². The molecule has 1 heterocycles. The minimum absolute atomic E-state index is 0.0211. The molecular formula is C13H17NO2. The largest absolute Gasteiger partial charge is 0.389 e. The van der Waals surface area contributed by atoms with Gasteiger partial charge in [0.05, 0.1) is 6.10 Å². The number of aliphatic hydroxyl groups is 1. The van der Waals surface area contributed by atoms with Crippen molar-refractivity contribution in [3.05, 3.63) is 35.4 Å². The lowest BCUT2D eigenvalue weighted by Gasteiger charge is -2.36. The summed E-state index contributed by atoms with van der Waals surface area (Å²) in [5, 5.41) is 9.16. The molecule has 0 spiro atoms. The molecule has 0 aromatic heterocycles. The van der Waals surface area contributed by atoms with Crippen molar-refractivity contribution in [3.8, 4) is 0 Å². The Kier molecular flexibility index (Phi) is 2.97. The SMILES string of the molecule is CC(C)c1cccc(C(=O)N2CC(O)C2)c1. The van der Waals surface area contributed by atoms with E-state index in [1.54, 1.807) is 4.90 Å². The number of β-amino-alcohol motifs (C(OH)–C–C–N with tert-alkyl or cyclic N) is 1. The second-order valence-electron chi connectivity index (χ2n) is 4.64. The van der Waals surface area contributed by atoms with Gasteiger partial charge in [-0.05, 0) is 23.6 Å². The minimum atomic E-state index is -0.336. The maximum absolute atomic E-state index is 12.0. The zero-order chi connectivity index (χ0) is 11.7. The van der Waals surface area contributed by atoms with Crippen LogP contribution in [-0.4, -0.2) is 35.1 Å². The summed E-state index contributed by atoms with van der Waals surface area (Å²) < 4.78 is 0. The van der Waals surface area contributed by atoms with Gasteiger partial charge in [0.2, 0.25) is 0 Å². The third-order valence-electron chi connectivity index (χ3n) is 2.95. The zero-order valence-corrected chi connectivity index (χ0v) is 9.68. The van der Waals surface area contributed by atoms with Crippen molar-refractivity contribution in [1.29, 1.82) is 0 Å². The number of carbonyl (C=O) groups excluding carboxylic acids is 1. The van der Waals surface area contributed by atoms with Crippen LogP contribution in [-0.2, 0) is 0 Å². The molecule has 1 aromatic rings. The molecule has 0 saturated carbocycles. The number of amides is 1. The smallest absolute Gasteiger partial charge is 0.254 e. The highest BCUT2D eigenvalue weighted by molar-refractivity contribution is 5.95. The highest BCUT2D eigenvalue weighted by Gasteiger charge is 2.29. The standard InChI is InChI=1S/C13H17NO2/c1-9(2)10-4-3-5-11(6-10)13(16)14-7-12(15)8-14/h3-6,9,12,15H,7-8H2,1-2H3. The quantitative estimate of drug-likeness (QED) is 0.821. The van der Waals surface area contributed by atoms with Crippen molar-refractivity contribution >= 4 is 5.91 Å². The van der Waals surface area contributed by atoms with E-state index in [4.69, 9.17) is 5.11 Å². The van der Waals surface area contributed by atoms with Crippen LogP contribution in [0.15, 0.2) is 24.3 Å². The lowest BCUT2D eigenvalue weighted by Crippen LogP contribution is -2.53. The number of rotatable bonds is 2. The Balaban J connectivity index is 2.14. The molecule has 2 rings (SSSR count). The molecule has 1 saturated heterocycles. The Morgan fingerprint density at radius 3 is 2.69 bits per heavy atom. The first-order valence-electron chi connectivity index (χ1n) is 5.65. The summed E-state index contributed by atoms with van der Waals surface area (Å²) in [7, 11) is 0. The second kappa shape index (κ2) is 4.26. The van der Waals surface area contributed by atoms with E-state index in [0.29, 0.717) is 19.0 Å². The Morgan fingerprint density at radius 1 is 1.44 bits per heavy atom. The zero-order valence-electron chi connectivity index (χ0n) is 9.68. The van der Waals surface area contributed by atoms with Gasteiger partial charge < -0.3 is 10.0 Å². The first-order valence-corrected chi connectivity index (χ1v) is 5.65. The Morgan fingerprint density at radius 2 is 2.12 bits per heavy atom. The third kappa shape index (κ3) is 2.09. The fourth-order valence-electron chi connectivity index (χ4n) is 1.83. The first kappa shape index (κ1) is 11.1. The maximum Gasteiger partial charge on any atom is 0.254 e. The lowest BCUT2D eigenvalue weighted by molar-refractivity contribution is 0.00589. The van der Waals surface area contributed by atoms with Crippen molar-refractivity contribution in [1.82, 2.24) is 4.90 Å². The number of hydrogen-bond acceptors (Lipinski definition) is 2. The van der Waals surface area contributed by atoms with Gasteiger partial charge in [-0.25, -0.2) is 0 Å². The number of hydrogen-bond donors (Lipinski definition) is 1. The van der Waals surface area contributed by atoms with Gasteiger partial charge in [-0.15, -0.1) is 0 Å². The lowest BCUT2D eigenvalue weighted by atomic mass is 10.00. The molecule has 1 aromatic carbocycles. The molecule has 0 atom stereocenters. The van der Waals surface area contributed by atoms with Crippen LogP contribution in [0.1, 0.15) is 35.7 Å². The van der Waals surface area contributed by atoms with E-state index < -0.39 is 0 Å². The van der Waals surface area contributed by atoms with Gasteiger partial charge in [-0.2, -0.15) is 0 Å². The van der Waals surface area contributed by atoms with Crippen LogP contribution in [0.4, 0.5) is 0 Å². The van der Waals surface area contributed by atoms with Crippen LogP contribution in [0, 0.1) is 0 Å². The molecule has 3 nitrogen and oxygen atoms in total. The molecule has 1 amide bonds. The average Bonchev–Trinajstić information content (AvgIpc) is 2.24. The van der Waals surface area contributed by atoms with Crippen molar-refractivity contribution in [2.24, 2.45) is 0 Å². The van der Waals surface area contributed by atoms with Gasteiger partial charge in [0.1, 0.15) is 0 Å². The number of aliphatic hydroxyl groups excluding tert-OH is 1. The number of carbonyl (C=O) groups is 1. The molecule has 3 heteroatoms. The number of nitrogens with zero attached hydrogens (tertiary/aromatic N) is 1. The average molecular weight is 219 g/mol. The summed E-state index contributed by atoms with van der Waals surface area (Å²) >= 11 is 0. The molecule has 86 valence electrons. The summed E-state index contributed by atoms with van der Waals surface area (Å²) in [4.78, 5) is 13.6. The number of likely N-dealkylation sites (tertiary alicyclic amines) is 1. The molecule has 1 fully saturated rings. The van der Waals surface area contributed by atoms with E-state index >= 15 is 0 Å². The van der Waals surface area contributed by atoms with Crippen LogP contribution in [0.5, 0.6) is 0 Å². The van der Waals surface area contributed by atoms with Crippen molar-refractivity contribution in [3.63, 3.8) is 0 Å². The first-order chi connectivity index (χ1) is 7.58. The minimum Gasteiger partial charge on any atom is -0.389 e. The molecule has 1 aliphatic heterocycles. The maximum atomic E-state index is 12.0. The van der Waals surface area contributed by atoms with Gasteiger partial charge in [0.15, 0.2) is 0 Å². The fourth-order valence-corrected chi connectivity index (χ4v) is 1.83. The van der Waals surface area contributed by atoms with Crippen LogP contribution in [0.2, 0.25) is 0 Å². The third-order valence-corrected chi connectivity index (χ3v) is 2.95. The van der Waals surface area contributed by atoms with Gasteiger partial charge in [-0.3, -0.25) is 4.79 Å². The summed E-state index contributed by atoms with van der Waals surface area (Å²) in [6, 6.07) is 7.72. The predicted octanol–water partition coefficient (Wildman–Crippen LogP) is 1.63. The van der Waals surface area contributed by atoms with Crippen LogP contribution >= 0.6 is 0 Å². The van der Waals surface area contributed by atoms with Crippen LogP contribution < -0.4 is 0 Å². The summed E-state index contributed by atoms with van der Waals surface area (Å²) in [5.74, 6) is 0.447. The summed E-state index contributed by atoms with van der Waals surface area (Å²) in [5.41, 5.74) is 1.89. The molecule has 0 radical (unpaired) electrons. The topological polar surface area (TPSA) is 40.5 Å². The van der Waals surface area contributed by atoms with Crippen LogP contribution in [0.3, 0.4) is 0 Å². The van der Waals surface area contributed by atoms with Gasteiger partial charge in [-0.1, -0.05) is 26.0 Å². The van der Waals surface area contributed by atoms with Gasteiger partial charge in [0, 0.05) is 18.7 Å². The summed E-state index contributed by atoms with van der Waals surface area (Å²) in [6.45, 7) is 5.14. The van der Waals surface area contributed by atoms with E-state index in [9.17, 15) is 4.79 Å². The number of benzene rings is 1. The van der Waals surface area contributed by atoms with Crippen molar-refractivity contribution in [2.45, 2.75) is 25.9 Å². The molecule has 1 N–H and O–H groups in total. The van der Waals surface area contributed by atoms with Crippen molar-refractivity contribution < 1.29 is 9.90 Å². The Labute approximate surface area is 95.7 Å². The Bertz CT molecular complexity index is 395. The highest BCUT2D eigenvalue weighted by Crippen LogP contribution is 2.18. The van der Waals surface area contributed by atoms with Crippen LogP contribution in [0.25, 0.3) is 0 Å². The summed E-state index contributed by atoms with van der Waals surface area (Å²) in [6.07, 6.45) is -0.336. The van der Waals surface area contributed by atoms with Gasteiger partial charge >= 0.3 is 0 Å². The molecule has 0 unspecified atom stereocenters. The molecule has 1 aliphatic rings. The monoisotopic (exact) mass is 219 g/mol. The highest BCUT2D eigenvalue weighted by atomic mass is 16.3. The second-order valence-corrected chi connectivity index (χ2v) is 4.64. The van der Waals surface area contributed by atoms with E-state index in [0.717, 1.165) is 5.56 Å². The van der Waals surface area contributed by atoms with Crippen molar-refractivity contribution in [2.75, 3.05) is 13.1 Å². The normalized spacial score (nSPS) is 16.4. The molecule has 0 aliphatic carbocycles. The van der Waals surface area contributed by atoms with E-state index in [1.807, 2.05) is 24.3 Å². The molecule has 16 heavy (non-hydrogen) atoms. The fraction of sp³-hybridized carbons (Fsp3) is 0.462. The van der Waals surface area contributed by atoms with E-state index in [1.165, 1.54) is 5.56 Å². The molecule has 0 bridgehead atoms. The predicted molar refractivity (Wildman–Crippen MR) is 62.4 cm³/mol. The molecular weight excluding hydrogens is 202 g/mol.